The summed E-state index contributed by atoms with van der Waals surface area (Å²) in [5, 5.41) is 17.3. The highest BCUT2D eigenvalue weighted by molar-refractivity contribution is 7.99. The maximum absolute atomic E-state index is 11.2. The van der Waals surface area contributed by atoms with E-state index >= 15 is 0 Å². The van der Waals surface area contributed by atoms with Crippen LogP contribution in [-0.2, 0) is 4.79 Å². The number of carboxylic acid groups (broad SMARTS) is 1. The first-order chi connectivity index (χ1) is 10.7. The second kappa shape index (κ2) is 5.30. The summed E-state index contributed by atoms with van der Waals surface area (Å²) in [6.07, 6.45) is 0. The lowest BCUT2D eigenvalue weighted by atomic mass is 9.96. The van der Waals surface area contributed by atoms with Gasteiger partial charge in [-0.3, -0.25) is 10.1 Å². The van der Waals surface area contributed by atoms with Gasteiger partial charge in [0, 0.05) is 5.75 Å². The first-order valence-corrected chi connectivity index (χ1v) is 8.30. The number of thioether (sulfide) groups is 1. The van der Waals surface area contributed by atoms with Crippen LogP contribution in [0.3, 0.4) is 0 Å². The molecular formula is C18H15NO2S. The van der Waals surface area contributed by atoms with Crippen molar-refractivity contribution in [3.05, 3.63) is 60.2 Å². The number of aliphatic carboxylic acids is 1. The minimum atomic E-state index is -0.778. The maximum atomic E-state index is 11.2. The molecule has 3 nitrogen and oxygen atoms in total. The van der Waals surface area contributed by atoms with E-state index < -0.39 is 12.0 Å². The maximum Gasteiger partial charge on any atom is 0.321 e. The highest BCUT2D eigenvalue weighted by Crippen LogP contribution is 2.40. The molecule has 1 fully saturated rings. The molecule has 1 aliphatic rings. The molecule has 0 aromatic heterocycles. The van der Waals surface area contributed by atoms with Gasteiger partial charge in [0.25, 0.3) is 0 Å². The molecule has 0 spiro atoms. The van der Waals surface area contributed by atoms with Gasteiger partial charge in [0.15, 0.2) is 0 Å². The number of carbonyl (C=O) groups is 1. The van der Waals surface area contributed by atoms with Crippen molar-refractivity contribution in [3.8, 4) is 0 Å². The summed E-state index contributed by atoms with van der Waals surface area (Å²) in [5.74, 6) is -0.183. The van der Waals surface area contributed by atoms with Gasteiger partial charge in [-0.2, -0.15) is 0 Å². The van der Waals surface area contributed by atoms with Crippen molar-refractivity contribution >= 4 is 39.3 Å². The minimum absolute atomic E-state index is 0.0112. The van der Waals surface area contributed by atoms with Crippen molar-refractivity contribution in [2.24, 2.45) is 0 Å². The topological polar surface area (TPSA) is 49.3 Å². The van der Waals surface area contributed by atoms with Crippen molar-refractivity contribution in [1.29, 1.82) is 0 Å². The highest BCUT2D eigenvalue weighted by Gasteiger charge is 2.32. The third-order valence-electron chi connectivity index (χ3n) is 4.16. The van der Waals surface area contributed by atoms with E-state index in [-0.39, 0.29) is 5.37 Å². The molecule has 0 bridgehead atoms. The van der Waals surface area contributed by atoms with Gasteiger partial charge >= 0.3 is 5.97 Å². The summed E-state index contributed by atoms with van der Waals surface area (Å²) in [5.41, 5.74) is 1.20. The predicted molar refractivity (Wildman–Crippen MR) is 91.2 cm³/mol. The van der Waals surface area contributed by atoms with Crippen LogP contribution in [0.5, 0.6) is 0 Å². The standard InChI is InChI=1S/C18H15NO2S/c20-18(21)15-10-22-17(19-15)16-13-7-3-1-5-11(13)9-12-6-2-4-8-14(12)16/h1-9,15,17,19H,10H2,(H,20,21). The van der Waals surface area contributed by atoms with E-state index in [4.69, 9.17) is 0 Å². The lowest BCUT2D eigenvalue weighted by molar-refractivity contribution is -0.138. The largest absolute Gasteiger partial charge is 0.480 e. The molecule has 4 rings (SSSR count). The highest BCUT2D eigenvalue weighted by atomic mass is 32.2. The van der Waals surface area contributed by atoms with Crippen molar-refractivity contribution in [1.82, 2.24) is 5.32 Å². The van der Waals surface area contributed by atoms with Crippen molar-refractivity contribution in [3.63, 3.8) is 0 Å². The first-order valence-electron chi connectivity index (χ1n) is 7.25. The Hall–Kier alpha value is -2.04. The second-order valence-corrected chi connectivity index (χ2v) is 6.64. The Morgan fingerprint density at radius 3 is 2.18 bits per heavy atom. The fraction of sp³-hybridized carbons (Fsp3) is 0.167. The van der Waals surface area contributed by atoms with Crippen molar-refractivity contribution in [2.75, 3.05) is 5.75 Å². The molecule has 22 heavy (non-hydrogen) atoms. The zero-order valence-corrected chi connectivity index (χ0v) is 12.6. The summed E-state index contributed by atoms with van der Waals surface area (Å²) in [6, 6.07) is 18.3. The minimum Gasteiger partial charge on any atom is -0.480 e. The third kappa shape index (κ3) is 2.16. The van der Waals surface area contributed by atoms with Crippen LogP contribution < -0.4 is 5.32 Å². The van der Waals surface area contributed by atoms with E-state index in [1.807, 2.05) is 24.3 Å². The molecule has 2 N–H and O–H groups in total. The third-order valence-corrected chi connectivity index (χ3v) is 5.39. The summed E-state index contributed by atoms with van der Waals surface area (Å²) in [4.78, 5) is 11.2. The number of nitrogens with one attached hydrogen (secondary N) is 1. The smallest absolute Gasteiger partial charge is 0.321 e. The number of fused-ring (bicyclic) bond motifs is 2. The van der Waals surface area contributed by atoms with Crippen LogP contribution in [0.1, 0.15) is 10.9 Å². The van der Waals surface area contributed by atoms with Gasteiger partial charge in [0.2, 0.25) is 0 Å². The molecule has 2 atom stereocenters. The predicted octanol–water partition coefficient (Wildman–Crippen LogP) is 3.78. The molecule has 0 amide bonds. The van der Waals surface area contributed by atoms with Crippen LogP contribution in [0.15, 0.2) is 54.6 Å². The number of hydrogen-bond donors (Lipinski definition) is 2. The van der Waals surface area contributed by atoms with E-state index in [1.165, 1.54) is 27.1 Å². The fourth-order valence-corrected chi connectivity index (χ4v) is 4.42. The van der Waals surface area contributed by atoms with Gasteiger partial charge in [-0.1, -0.05) is 48.5 Å². The van der Waals surface area contributed by atoms with Crippen LogP contribution in [0.2, 0.25) is 0 Å². The quantitative estimate of drug-likeness (QED) is 0.707. The van der Waals surface area contributed by atoms with Crippen molar-refractivity contribution < 1.29 is 9.90 Å². The SMILES string of the molecule is O=C(O)C1CSC(c2c3ccccc3cc3ccccc23)N1. The Labute approximate surface area is 132 Å². The van der Waals surface area contributed by atoms with Crippen LogP contribution in [0.4, 0.5) is 0 Å². The number of benzene rings is 3. The number of carboxylic acids is 1. The van der Waals surface area contributed by atoms with E-state index in [0.29, 0.717) is 5.75 Å². The Kier molecular flexibility index (Phi) is 3.28. The van der Waals surface area contributed by atoms with Gasteiger partial charge < -0.3 is 5.11 Å². The first kappa shape index (κ1) is 13.6. The summed E-state index contributed by atoms with van der Waals surface area (Å²) in [7, 11) is 0. The average molecular weight is 309 g/mol. The zero-order valence-electron chi connectivity index (χ0n) is 11.8. The Morgan fingerprint density at radius 1 is 1.05 bits per heavy atom. The van der Waals surface area contributed by atoms with Crippen LogP contribution in [0.25, 0.3) is 21.5 Å². The van der Waals surface area contributed by atoms with E-state index in [9.17, 15) is 9.90 Å². The Morgan fingerprint density at radius 2 is 1.64 bits per heavy atom. The van der Waals surface area contributed by atoms with Gasteiger partial charge in [-0.15, -0.1) is 11.8 Å². The van der Waals surface area contributed by atoms with Gasteiger partial charge in [0.1, 0.15) is 6.04 Å². The average Bonchev–Trinajstić information content (AvgIpc) is 3.02. The molecule has 4 heteroatoms. The molecule has 3 aromatic rings. The fourth-order valence-electron chi connectivity index (χ4n) is 3.11. The lowest BCUT2D eigenvalue weighted by Gasteiger charge is -2.17. The van der Waals surface area contributed by atoms with Crippen LogP contribution in [-0.4, -0.2) is 22.9 Å². The Bertz CT molecular complexity index is 823. The molecule has 1 heterocycles. The van der Waals surface area contributed by atoms with E-state index in [0.717, 1.165) is 0 Å². The van der Waals surface area contributed by atoms with E-state index in [1.54, 1.807) is 11.8 Å². The normalized spacial score (nSPS) is 21.5. The Balaban J connectivity index is 1.95. The monoisotopic (exact) mass is 309 g/mol. The molecule has 0 aliphatic carbocycles. The molecule has 2 unspecified atom stereocenters. The molecule has 1 saturated heterocycles. The summed E-state index contributed by atoms with van der Waals surface area (Å²) in [6.45, 7) is 0. The van der Waals surface area contributed by atoms with E-state index in [2.05, 4.69) is 35.6 Å². The zero-order chi connectivity index (χ0) is 15.1. The molecule has 0 saturated carbocycles. The number of hydrogen-bond acceptors (Lipinski definition) is 3. The van der Waals surface area contributed by atoms with Gasteiger partial charge in [0.05, 0.1) is 5.37 Å². The molecule has 1 aliphatic heterocycles. The van der Waals surface area contributed by atoms with Crippen LogP contribution in [0, 0.1) is 0 Å². The molecule has 0 radical (unpaired) electrons. The van der Waals surface area contributed by atoms with Crippen molar-refractivity contribution in [2.45, 2.75) is 11.4 Å². The molecular weight excluding hydrogens is 294 g/mol. The van der Waals surface area contributed by atoms with Crippen LogP contribution >= 0.6 is 11.8 Å². The second-order valence-electron chi connectivity index (χ2n) is 5.50. The summed E-state index contributed by atoms with van der Waals surface area (Å²) < 4.78 is 0. The van der Waals surface area contributed by atoms with Gasteiger partial charge in [-0.05, 0) is 33.2 Å². The molecule has 110 valence electrons. The number of rotatable bonds is 2. The summed E-state index contributed by atoms with van der Waals surface area (Å²) >= 11 is 1.67. The molecule has 3 aromatic carbocycles. The van der Waals surface area contributed by atoms with Gasteiger partial charge in [-0.25, -0.2) is 0 Å². The lowest BCUT2D eigenvalue weighted by Crippen LogP contribution is -2.33.